The zero-order valence-corrected chi connectivity index (χ0v) is 9.25. The molecule has 0 aliphatic heterocycles. The molecule has 0 amide bonds. The summed E-state index contributed by atoms with van der Waals surface area (Å²) in [5.74, 6) is -1.64. The van der Waals surface area contributed by atoms with Crippen LogP contribution < -0.4 is 0 Å². The minimum Gasteiger partial charge on any atom is -0.307 e. The first kappa shape index (κ1) is 15.8. The highest BCUT2D eigenvalue weighted by atomic mass is 19.1. The number of halogens is 4. The van der Waals surface area contributed by atoms with Crippen molar-refractivity contribution in [3.63, 3.8) is 0 Å². The average Bonchev–Trinajstić information content (AvgIpc) is 2.40. The van der Waals surface area contributed by atoms with E-state index in [4.69, 9.17) is 4.79 Å². The Balaban J connectivity index is 0.000000283. The Labute approximate surface area is 102 Å². The van der Waals surface area contributed by atoms with Crippen molar-refractivity contribution < 1.29 is 22.4 Å². The van der Waals surface area contributed by atoms with Crippen molar-refractivity contribution in [2.24, 2.45) is 0 Å². The van der Waals surface area contributed by atoms with Crippen LogP contribution in [0.25, 0.3) is 0 Å². The maximum Gasteiger partial charge on any atom is 0.123 e. The van der Waals surface area contributed by atoms with Gasteiger partial charge in [-0.15, -0.1) is 0 Å². The summed E-state index contributed by atoms with van der Waals surface area (Å²) in [7, 11) is 0. The van der Waals surface area contributed by atoms with E-state index in [2.05, 4.69) is 0 Å². The molecule has 0 aliphatic rings. The third-order valence-electron chi connectivity index (χ3n) is 1.61. The van der Waals surface area contributed by atoms with Gasteiger partial charge in [0.1, 0.15) is 30.1 Å². The maximum atomic E-state index is 11.9. The standard InChI is InChI=1S/2C6H4F2.CH2O/c2*7-5-1-2-6(8)4-3-5;1-2/h2*1-4H;1H2. The number of rotatable bonds is 0. The first-order valence-corrected chi connectivity index (χ1v) is 4.69. The van der Waals surface area contributed by atoms with Gasteiger partial charge in [0.05, 0.1) is 0 Å². The third kappa shape index (κ3) is 7.16. The van der Waals surface area contributed by atoms with Crippen molar-refractivity contribution in [3.8, 4) is 0 Å². The lowest BCUT2D eigenvalue weighted by Gasteiger charge is -1.83. The van der Waals surface area contributed by atoms with Gasteiger partial charge in [-0.2, -0.15) is 0 Å². The smallest absolute Gasteiger partial charge is 0.123 e. The molecular weight excluding hydrogens is 248 g/mol. The maximum absolute atomic E-state index is 11.9. The largest absolute Gasteiger partial charge is 0.307 e. The van der Waals surface area contributed by atoms with E-state index in [1.165, 1.54) is 0 Å². The van der Waals surface area contributed by atoms with Crippen LogP contribution in [0.2, 0.25) is 0 Å². The Morgan fingerprint density at radius 1 is 0.500 bits per heavy atom. The molecule has 0 atom stereocenters. The van der Waals surface area contributed by atoms with Crippen LogP contribution in [0.3, 0.4) is 0 Å². The van der Waals surface area contributed by atoms with Crippen LogP contribution >= 0.6 is 0 Å². The number of hydrogen-bond acceptors (Lipinski definition) is 1. The molecule has 2 rings (SSSR count). The molecule has 0 fully saturated rings. The van der Waals surface area contributed by atoms with Gasteiger partial charge in [0.15, 0.2) is 0 Å². The molecular formula is C13H10F4O. The molecule has 0 unspecified atom stereocenters. The molecule has 0 saturated carbocycles. The van der Waals surface area contributed by atoms with Crippen molar-refractivity contribution in [2.75, 3.05) is 0 Å². The van der Waals surface area contributed by atoms with Gasteiger partial charge in [-0.05, 0) is 48.5 Å². The highest BCUT2D eigenvalue weighted by Crippen LogP contribution is 1.99. The summed E-state index contributed by atoms with van der Waals surface area (Å²) < 4.78 is 47.7. The monoisotopic (exact) mass is 258 g/mol. The molecule has 0 aromatic heterocycles. The lowest BCUT2D eigenvalue weighted by atomic mass is 10.3. The van der Waals surface area contributed by atoms with Crippen molar-refractivity contribution in [1.29, 1.82) is 0 Å². The first-order chi connectivity index (χ1) is 8.58. The summed E-state index contributed by atoms with van der Waals surface area (Å²) in [5.41, 5.74) is 0. The van der Waals surface area contributed by atoms with Crippen LogP contribution in [0.15, 0.2) is 48.5 Å². The lowest BCUT2D eigenvalue weighted by molar-refractivity contribution is -0.0979. The number of carbonyl (C=O) groups is 1. The molecule has 1 nitrogen and oxygen atoms in total. The number of benzene rings is 2. The SMILES string of the molecule is C=O.Fc1ccc(F)cc1.Fc1ccc(F)cc1. The van der Waals surface area contributed by atoms with Crippen LogP contribution in [-0.2, 0) is 4.79 Å². The van der Waals surface area contributed by atoms with Crippen molar-refractivity contribution in [3.05, 3.63) is 71.8 Å². The second-order valence-electron chi connectivity index (χ2n) is 2.87. The molecule has 0 N–H and O–H groups in total. The minimum absolute atomic E-state index is 0.411. The van der Waals surface area contributed by atoms with E-state index >= 15 is 0 Å². The van der Waals surface area contributed by atoms with Gasteiger partial charge in [-0.1, -0.05) is 0 Å². The van der Waals surface area contributed by atoms with Gasteiger partial charge >= 0.3 is 0 Å². The Morgan fingerprint density at radius 3 is 0.722 bits per heavy atom. The molecule has 96 valence electrons. The van der Waals surface area contributed by atoms with Crippen molar-refractivity contribution in [1.82, 2.24) is 0 Å². The molecule has 2 aromatic rings. The van der Waals surface area contributed by atoms with Gasteiger partial charge < -0.3 is 4.79 Å². The Bertz CT molecular complexity index is 354. The molecule has 0 bridgehead atoms. The Kier molecular flexibility index (Phi) is 7.85. The van der Waals surface area contributed by atoms with Crippen LogP contribution in [0.1, 0.15) is 0 Å². The molecule has 5 heteroatoms. The molecule has 0 heterocycles. The molecule has 2 aromatic carbocycles. The summed E-state index contributed by atoms with van der Waals surface area (Å²) in [6.07, 6.45) is 0. The minimum atomic E-state index is -0.411. The van der Waals surface area contributed by atoms with Crippen molar-refractivity contribution in [2.45, 2.75) is 0 Å². The summed E-state index contributed by atoms with van der Waals surface area (Å²) >= 11 is 0. The van der Waals surface area contributed by atoms with Gasteiger partial charge in [-0.25, -0.2) is 17.6 Å². The normalized spacial score (nSPS) is 8.44. The number of hydrogen-bond donors (Lipinski definition) is 0. The predicted octanol–water partition coefficient (Wildman–Crippen LogP) is 3.74. The van der Waals surface area contributed by atoms with Gasteiger partial charge in [0, 0.05) is 0 Å². The van der Waals surface area contributed by atoms with Crippen molar-refractivity contribution >= 4 is 6.79 Å². The predicted molar refractivity (Wildman–Crippen MR) is 59.8 cm³/mol. The second-order valence-corrected chi connectivity index (χ2v) is 2.87. The quantitative estimate of drug-likeness (QED) is 0.658. The fourth-order valence-electron chi connectivity index (χ4n) is 0.859. The van der Waals surface area contributed by atoms with Crippen LogP contribution in [0.5, 0.6) is 0 Å². The van der Waals surface area contributed by atoms with Crippen LogP contribution in [-0.4, -0.2) is 6.79 Å². The van der Waals surface area contributed by atoms with E-state index in [0.29, 0.717) is 0 Å². The van der Waals surface area contributed by atoms with Gasteiger partial charge in [0.2, 0.25) is 0 Å². The van der Waals surface area contributed by atoms with E-state index in [9.17, 15) is 17.6 Å². The Morgan fingerprint density at radius 2 is 0.611 bits per heavy atom. The highest BCUT2D eigenvalue weighted by molar-refractivity contribution is 5.11. The van der Waals surface area contributed by atoms with E-state index in [0.717, 1.165) is 48.5 Å². The summed E-state index contributed by atoms with van der Waals surface area (Å²) in [6.45, 7) is 2.00. The molecule has 0 radical (unpaired) electrons. The summed E-state index contributed by atoms with van der Waals surface area (Å²) in [5, 5.41) is 0. The van der Waals surface area contributed by atoms with Crippen LogP contribution in [0.4, 0.5) is 17.6 Å². The molecule has 18 heavy (non-hydrogen) atoms. The zero-order chi connectivity index (χ0) is 14.0. The zero-order valence-electron chi connectivity index (χ0n) is 9.25. The third-order valence-corrected chi connectivity index (χ3v) is 1.61. The lowest BCUT2D eigenvalue weighted by Crippen LogP contribution is -1.72. The van der Waals surface area contributed by atoms with E-state index in [1.807, 2.05) is 6.79 Å². The summed E-state index contributed by atoms with van der Waals surface area (Å²) in [4.78, 5) is 8.00. The molecule has 0 spiro atoms. The van der Waals surface area contributed by atoms with Crippen LogP contribution in [0, 0.1) is 23.3 Å². The van der Waals surface area contributed by atoms with Gasteiger partial charge in [0.25, 0.3) is 0 Å². The van der Waals surface area contributed by atoms with Gasteiger partial charge in [-0.3, -0.25) is 0 Å². The van der Waals surface area contributed by atoms with E-state index in [1.54, 1.807) is 0 Å². The topological polar surface area (TPSA) is 17.1 Å². The fourth-order valence-corrected chi connectivity index (χ4v) is 0.859. The highest BCUT2D eigenvalue weighted by Gasteiger charge is 1.87. The molecule has 0 saturated heterocycles. The fraction of sp³-hybridized carbons (Fsp3) is 0. The average molecular weight is 258 g/mol. The first-order valence-electron chi connectivity index (χ1n) is 4.69. The Hall–Kier alpha value is -2.17. The number of carbonyl (C=O) groups excluding carboxylic acids is 1. The van der Waals surface area contributed by atoms with E-state index < -0.39 is 23.3 Å². The molecule has 0 aliphatic carbocycles. The summed E-state index contributed by atoms with van der Waals surface area (Å²) in [6, 6.07) is 8.63. The second kappa shape index (κ2) is 8.92. The van der Waals surface area contributed by atoms with E-state index in [-0.39, 0.29) is 0 Å².